The molecule has 17 heavy (non-hydrogen) atoms. The molecule has 1 amide bonds. The molecule has 1 aromatic carbocycles. The van der Waals surface area contributed by atoms with Crippen LogP contribution in [0.25, 0.3) is 0 Å². The Hall–Kier alpha value is -0.690. The number of rotatable bonds is 2. The zero-order chi connectivity index (χ0) is 12.3. The maximum Gasteiger partial charge on any atom is 0.229 e. The van der Waals surface area contributed by atoms with Gasteiger partial charge in [0.25, 0.3) is 0 Å². The number of anilines is 1. The van der Waals surface area contributed by atoms with Gasteiger partial charge in [-0.05, 0) is 71.9 Å². The molecule has 2 N–H and O–H groups in total. The van der Waals surface area contributed by atoms with Crippen molar-refractivity contribution in [1.82, 2.24) is 5.32 Å². The van der Waals surface area contributed by atoms with Crippen molar-refractivity contribution < 1.29 is 4.79 Å². The van der Waals surface area contributed by atoms with E-state index in [1.807, 2.05) is 24.3 Å². The highest BCUT2D eigenvalue weighted by atomic mass is 127. The van der Waals surface area contributed by atoms with Crippen molar-refractivity contribution in [3.05, 3.63) is 27.8 Å². The molecular weight excluding hydrogens is 347 g/mol. The predicted octanol–water partition coefficient (Wildman–Crippen LogP) is 2.90. The zero-order valence-electron chi connectivity index (χ0n) is 9.20. The summed E-state index contributed by atoms with van der Waals surface area (Å²) in [6.45, 7) is 0. The third kappa shape index (κ3) is 3.64. The van der Waals surface area contributed by atoms with Crippen molar-refractivity contribution in [2.45, 2.75) is 19.3 Å². The van der Waals surface area contributed by atoms with Gasteiger partial charge in [0, 0.05) is 15.2 Å². The van der Waals surface area contributed by atoms with Crippen molar-refractivity contribution in [2.24, 2.45) is 5.92 Å². The van der Waals surface area contributed by atoms with Crippen molar-refractivity contribution in [2.75, 3.05) is 5.32 Å². The number of carbonyl (C=O) groups is 1. The van der Waals surface area contributed by atoms with E-state index in [1.165, 1.54) is 0 Å². The fraction of sp³-hybridized carbons (Fsp3) is 0.333. The lowest BCUT2D eigenvalue weighted by molar-refractivity contribution is -0.125. The normalized spacial score (nSPS) is 14.9. The highest BCUT2D eigenvalue weighted by Gasteiger charge is 2.25. The molecule has 90 valence electrons. The third-order valence-corrected chi connectivity index (χ3v) is 3.74. The minimum atomic E-state index is 0.0410. The molecule has 1 aliphatic rings. The third-order valence-electron chi connectivity index (χ3n) is 2.81. The van der Waals surface area contributed by atoms with Crippen molar-refractivity contribution in [1.29, 1.82) is 0 Å². The first-order valence-corrected chi connectivity index (χ1v) is 7.01. The molecule has 0 spiro atoms. The summed E-state index contributed by atoms with van der Waals surface area (Å²) in [5, 5.41) is 6.10. The van der Waals surface area contributed by atoms with Crippen molar-refractivity contribution in [3.8, 4) is 0 Å². The van der Waals surface area contributed by atoms with Crippen LogP contribution in [0, 0.1) is 9.49 Å². The number of hydrogen-bond donors (Lipinski definition) is 2. The van der Waals surface area contributed by atoms with Crippen molar-refractivity contribution >= 4 is 51.5 Å². The van der Waals surface area contributed by atoms with Crippen LogP contribution in [0.2, 0.25) is 0 Å². The SMILES string of the molecule is O=C(NC(=S)Nc1ccc(I)cc1)C1CCC1. The number of hydrogen-bond acceptors (Lipinski definition) is 2. The molecule has 0 radical (unpaired) electrons. The van der Waals surface area contributed by atoms with Crippen LogP contribution in [-0.4, -0.2) is 11.0 Å². The summed E-state index contributed by atoms with van der Waals surface area (Å²) in [5.41, 5.74) is 0.893. The lowest BCUT2D eigenvalue weighted by atomic mass is 9.85. The topological polar surface area (TPSA) is 41.1 Å². The standard InChI is InChI=1S/C12H13IN2OS/c13-9-4-6-10(7-5-9)14-12(17)15-11(16)8-2-1-3-8/h4-8H,1-3H2,(H2,14,15,16,17). The van der Waals surface area contributed by atoms with E-state index in [-0.39, 0.29) is 11.8 Å². The average Bonchev–Trinajstić information content (AvgIpc) is 2.18. The van der Waals surface area contributed by atoms with Gasteiger partial charge in [-0.3, -0.25) is 4.79 Å². The van der Waals surface area contributed by atoms with E-state index >= 15 is 0 Å². The van der Waals surface area contributed by atoms with Gasteiger partial charge in [-0.2, -0.15) is 0 Å². The molecule has 0 aliphatic heterocycles. The summed E-state index contributed by atoms with van der Waals surface area (Å²) in [4.78, 5) is 11.6. The molecule has 0 bridgehead atoms. The largest absolute Gasteiger partial charge is 0.332 e. The lowest BCUT2D eigenvalue weighted by Gasteiger charge is -2.24. The fourth-order valence-electron chi connectivity index (χ4n) is 1.58. The molecule has 0 atom stereocenters. The quantitative estimate of drug-likeness (QED) is 0.630. The van der Waals surface area contributed by atoms with Gasteiger partial charge in [-0.25, -0.2) is 0 Å². The molecule has 1 fully saturated rings. The number of carbonyl (C=O) groups excluding carboxylic acids is 1. The van der Waals surface area contributed by atoms with Crippen LogP contribution in [0.3, 0.4) is 0 Å². The van der Waals surface area contributed by atoms with Crippen LogP contribution >= 0.6 is 34.8 Å². The van der Waals surface area contributed by atoms with E-state index in [4.69, 9.17) is 12.2 Å². The molecule has 5 heteroatoms. The highest BCUT2D eigenvalue weighted by molar-refractivity contribution is 14.1. The molecule has 2 rings (SSSR count). The van der Waals surface area contributed by atoms with Gasteiger partial charge in [-0.15, -0.1) is 0 Å². The Morgan fingerprint density at radius 1 is 1.29 bits per heavy atom. The first-order chi connectivity index (χ1) is 8.15. The maximum atomic E-state index is 11.6. The summed E-state index contributed by atoms with van der Waals surface area (Å²) in [5.74, 6) is 0.200. The maximum absolute atomic E-state index is 11.6. The molecule has 0 aromatic heterocycles. The van der Waals surface area contributed by atoms with Gasteiger partial charge >= 0.3 is 0 Å². The molecule has 1 saturated carbocycles. The molecule has 0 unspecified atom stereocenters. The molecular formula is C12H13IN2OS. The van der Waals surface area contributed by atoms with E-state index in [0.717, 1.165) is 28.5 Å². The number of halogens is 1. The van der Waals surface area contributed by atoms with Crippen LogP contribution in [0.5, 0.6) is 0 Å². The molecule has 3 nitrogen and oxygen atoms in total. The first kappa shape index (κ1) is 12.8. The lowest BCUT2D eigenvalue weighted by Crippen LogP contribution is -2.40. The zero-order valence-corrected chi connectivity index (χ0v) is 12.2. The minimum absolute atomic E-state index is 0.0410. The Morgan fingerprint density at radius 2 is 1.94 bits per heavy atom. The van der Waals surface area contributed by atoms with E-state index in [1.54, 1.807) is 0 Å². The highest BCUT2D eigenvalue weighted by Crippen LogP contribution is 2.26. The molecule has 1 aromatic rings. The van der Waals surface area contributed by atoms with E-state index < -0.39 is 0 Å². The van der Waals surface area contributed by atoms with Gasteiger partial charge < -0.3 is 10.6 Å². The first-order valence-electron chi connectivity index (χ1n) is 5.52. The van der Waals surface area contributed by atoms with E-state index in [0.29, 0.717) is 5.11 Å². The summed E-state index contributed by atoms with van der Waals surface area (Å²) < 4.78 is 1.16. The van der Waals surface area contributed by atoms with Crippen LogP contribution in [0.4, 0.5) is 5.69 Å². The predicted molar refractivity (Wildman–Crippen MR) is 80.9 cm³/mol. The van der Waals surface area contributed by atoms with Gasteiger partial charge in [0.15, 0.2) is 5.11 Å². The Labute approximate surface area is 119 Å². The number of nitrogens with one attached hydrogen (secondary N) is 2. The smallest absolute Gasteiger partial charge is 0.229 e. The van der Waals surface area contributed by atoms with Gasteiger partial charge in [0.2, 0.25) is 5.91 Å². The van der Waals surface area contributed by atoms with E-state index in [2.05, 4.69) is 33.2 Å². The second kappa shape index (κ2) is 5.77. The number of thiocarbonyl (C=S) groups is 1. The van der Waals surface area contributed by atoms with Crippen LogP contribution < -0.4 is 10.6 Å². The van der Waals surface area contributed by atoms with E-state index in [9.17, 15) is 4.79 Å². The molecule has 1 aliphatic carbocycles. The monoisotopic (exact) mass is 360 g/mol. The average molecular weight is 360 g/mol. The van der Waals surface area contributed by atoms with Gasteiger partial charge in [-0.1, -0.05) is 6.42 Å². The Balaban J connectivity index is 1.84. The minimum Gasteiger partial charge on any atom is -0.332 e. The van der Waals surface area contributed by atoms with Gasteiger partial charge in [0.1, 0.15) is 0 Å². The van der Waals surface area contributed by atoms with Crippen LogP contribution in [0.1, 0.15) is 19.3 Å². The summed E-state index contributed by atoms with van der Waals surface area (Å²) >= 11 is 7.33. The Morgan fingerprint density at radius 3 is 2.47 bits per heavy atom. The summed E-state index contributed by atoms with van der Waals surface area (Å²) in [6, 6.07) is 7.84. The Kier molecular flexibility index (Phi) is 4.33. The van der Waals surface area contributed by atoms with Crippen LogP contribution in [0.15, 0.2) is 24.3 Å². The second-order valence-corrected chi connectivity index (χ2v) is 5.73. The second-order valence-electron chi connectivity index (χ2n) is 4.08. The molecule has 0 heterocycles. The summed E-state index contributed by atoms with van der Waals surface area (Å²) in [6.07, 6.45) is 3.12. The fourth-order valence-corrected chi connectivity index (χ4v) is 2.16. The summed E-state index contributed by atoms with van der Waals surface area (Å²) in [7, 11) is 0. The van der Waals surface area contributed by atoms with Crippen LogP contribution in [-0.2, 0) is 4.79 Å². The van der Waals surface area contributed by atoms with Gasteiger partial charge in [0.05, 0.1) is 0 Å². The number of benzene rings is 1. The van der Waals surface area contributed by atoms with Crippen molar-refractivity contribution in [3.63, 3.8) is 0 Å². The Bertz CT molecular complexity index is 429. The number of amides is 1. The molecule has 0 saturated heterocycles.